The molecule has 2 aliphatic heterocycles. The van der Waals surface area contributed by atoms with Crippen LogP contribution in [0.5, 0.6) is 0 Å². The van der Waals surface area contributed by atoms with Crippen LogP contribution in [0.1, 0.15) is 51.6 Å². The van der Waals surface area contributed by atoms with Gasteiger partial charge in [-0.3, -0.25) is 19.2 Å². The van der Waals surface area contributed by atoms with E-state index in [1.165, 1.54) is 22.9 Å². The first kappa shape index (κ1) is 20.1. The Hall–Kier alpha value is -3.16. The molecule has 1 fully saturated rings. The SMILES string of the molecule is CC1CCCN(C(=O)c2c3c(cn(C)c2=O)CN(C(=O)c2ccc(=O)[nH]c2)CC3)C1. The Labute approximate surface area is 174 Å². The van der Waals surface area contributed by atoms with Crippen molar-refractivity contribution >= 4 is 11.8 Å². The monoisotopic (exact) mass is 410 g/mol. The minimum absolute atomic E-state index is 0.191. The second kappa shape index (κ2) is 7.93. The summed E-state index contributed by atoms with van der Waals surface area (Å²) in [7, 11) is 1.64. The number of fused-ring (bicyclic) bond motifs is 1. The van der Waals surface area contributed by atoms with E-state index in [1.807, 2.05) is 0 Å². The standard InChI is InChI=1S/C22H26N4O4/c1-14-4-3-8-25(11-14)22(30)19-17-7-9-26(13-16(17)12-24(2)21(19)29)20(28)15-5-6-18(27)23-10-15/h5-6,10,12,14H,3-4,7-9,11,13H2,1-2H3,(H,23,27). The molecule has 0 radical (unpaired) electrons. The average Bonchev–Trinajstić information content (AvgIpc) is 2.74. The fourth-order valence-electron chi connectivity index (χ4n) is 4.44. The number of hydrogen-bond acceptors (Lipinski definition) is 4. The van der Waals surface area contributed by atoms with Crippen molar-refractivity contribution in [3.63, 3.8) is 0 Å². The lowest BCUT2D eigenvalue weighted by Gasteiger charge is -2.33. The summed E-state index contributed by atoms with van der Waals surface area (Å²) >= 11 is 0. The van der Waals surface area contributed by atoms with E-state index in [4.69, 9.17) is 0 Å². The first-order valence-corrected chi connectivity index (χ1v) is 10.3. The first-order valence-electron chi connectivity index (χ1n) is 10.3. The minimum Gasteiger partial charge on any atom is -0.338 e. The van der Waals surface area contributed by atoms with Gasteiger partial charge in [0.15, 0.2) is 0 Å². The van der Waals surface area contributed by atoms with Crippen molar-refractivity contribution in [2.45, 2.75) is 32.7 Å². The van der Waals surface area contributed by atoms with Gasteiger partial charge in [0, 0.05) is 51.7 Å². The number of hydrogen-bond donors (Lipinski definition) is 1. The Morgan fingerprint density at radius 3 is 2.60 bits per heavy atom. The largest absolute Gasteiger partial charge is 0.338 e. The molecule has 0 aromatic carbocycles. The molecular weight excluding hydrogens is 384 g/mol. The number of carbonyl (C=O) groups excluding carboxylic acids is 2. The van der Waals surface area contributed by atoms with Crippen LogP contribution in [-0.4, -0.2) is 50.8 Å². The number of aromatic amines is 1. The highest BCUT2D eigenvalue weighted by molar-refractivity contribution is 5.96. The van der Waals surface area contributed by atoms with Crippen LogP contribution < -0.4 is 11.1 Å². The number of rotatable bonds is 2. The molecule has 8 nitrogen and oxygen atoms in total. The number of H-pyrrole nitrogens is 1. The predicted molar refractivity (Wildman–Crippen MR) is 111 cm³/mol. The lowest BCUT2D eigenvalue weighted by atomic mass is 9.94. The van der Waals surface area contributed by atoms with Crippen molar-refractivity contribution in [2.24, 2.45) is 13.0 Å². The molecule has 0 saturated carbocycles. The van der Waals surface area contributed by atoms with Gasteiger partial charge in [-0.25, -0.2) is 0 Å². The Morgan fingerprint density at radius 2 is 1.90 bits per heavy atom. The van der Waals surface area contributed by atoms with Crippen LogP contribution in [0.2, 0.25) is 0 Å². The molecule has 2 aromatic heterocycles. The van der Waals surface area contributed by atoms with E-state index in [1.54, 1.807) is 23.0 Å². The van der Waals surface area contributed by atoms with Crippen LogP contribution in [0.15, 0.2) is 34.1 Å². The van der Waals surface area contributed by atoms with Crippen LogP contribution in [0.25, 0.3) is 0 Å². The summed E-state index contributed by atoms with van der Waals surface area (Å²) in [6.07, 6.45) is 5.62. The first-order chi connectivity index (χ1) is 14.3. The van der Waals surface area contributed by atoms with Crippen molar-refractivity contribution in [1.29, 1.82) is 0 Å². The van der Waals surface area contributed by atoms with Crippen LogP contribution in [0.4, 0.5) is 0 Å². The molecule has 8 heteroatoms. The molecule has 2 aromatic rings. The number of likely N-dealkylation sites (tertiary alicyclic amines) is 1. The molecule has 0 aliphatic carbocycles. The lowest BCUT2D eigenvalue weighted by molar-refractivity contribution is 0.0677. The Bertz CT molecular complexity index is 1100. The van der Waals surface area contributed by atoms with Crippen molar-refractivity contribution in [2.75, 3.05) is 19.6 Å². The maximum atomic E-state index is 13.3. The average molecular weight is 410 g/mol. The number of carbonyl (C=O) groups is 2. The lowest BCUT2D eigenvalue weighted by Crippen LogP contribution is -2.44. The summed E-state index contributed by atoms with van der Waals surface area (Å²) in [4.78, 5) is 56.2. The Balaban J connectivity index is 1.65. The highest BCUT2D eigenvalue weighted by atomic mass is 16.2. The van der Waals surface area contributed by atoms with E-state index in [9.17, 15) is 19.2 Å². The number of pyridine rings is 2. The molecule has 0 spiro atoms. The number of aryl methyl sites for hydroxylation is 1. The van der Waals surface area contributed by atoms with Crippen LogP contribution in [-0.2, 0) is 20.0 Å². The van der Waals surface area contributed by atoms with E-state index in [-0.39, 0.29) is 28.5 Å². The molecule has 1 saturated heterocycles. The molecule has 1 atom stereocenters. The number of nitrogens with one attached hydrogen (secondary N) is 1. The van der Waals surface area contributed by atoms with Gasteiger partial charge in [0.1, 0.15) is 5.56 Å². The summed E-state index contributed by atoms with van der Waals surface area (Å²) in [5.74, 6) is 0.0411. The van der Waals surface area contributed by atoms with Gasteiger partial charge in [-0.1, -0.05) is 6.92 Å². The van der Waals surface area contributed by atoms with E-state index >= 15 is 0 Å². The predicted octanol–water partition coefficient (Wildman–Crippen LogP) is 1.14. The Kier molecular flexibility index (Phi) is 5.32. The highest BCUT2D eigenvalue weighted by Gasteiger charge is 2.31. The van der Waals surface area contributed by atoms with Crippen LogP contribution in [0.3, 0.4) is 0 Å². The van der Waals surface area contributed by atoms with Gasteiger partial charge in [0.25, 0.3) is 17.4 Å². The zero-order chi connectivity index (χ0) is 21.4. The number of amides is 2. The van der Waals surface area contributed by atoms with E-state index in [0.717, 1.165) is 24.0 Å². The van der Waals surface area contributed by atoms with Gasteiger partial charge in [-0.15, -0.1) is 0 Å². The zero-order valence-electron chi connectivity index (χ0n) is 17.3. The second-order valence-electron chi connectivity index (χ2n) is 8.34. The summed E-state index contributed by atoms with van der Waals surface area (Å²) < 4.78 is 1.44. The topological polar surface area (TPSA) is 95.5 Å². The minimum atomic E-state index is -0.280. The summed E-state index contributed by atoms with van der Waals surface area (Å²) in [6, 6.07) is 2.83. The molecule has 2 aliphatic rings. The Morgan fingerprint density at radius 1 is 1.10 bits per heavy atom. The number of piperidine rings is 1. The maximum Gasteiger partial charge on any atom is 0.263 e. The van der Waals surface area contributed by atoms with Crippen LogP contribution in [0, 0.1) is 5.92 Å². The van der Waals surface area contributed by atoms with Crippen LogP contribution >= 0.6 is 0 Å². The van der Waals surface area contributed by atoms with Crippen molar-refractivity contribution in [1.82, 2.24) is 19.4 Å². The highest BCUT2D eigenvalue weighted by Crippen LogP contribution is 2.24. The molecule has 30 heavy (non-hydrogen) atoms. The van der Waals surface area contributed by atoms with Crippen molar-refractivity contribution in [3.8, 4) is 0 Å². The molecule has 4 heterocycles. The smallest absolute Gasteiger partial charge is 0.263 e. The molecule has 4 rings (SSSR count). The molecule has 1 N–H and O–H groups in total. The third-order valence-electron chi connectivity index (χ3n) is 6.04. The summed E-state index contributed by atoms with van der Waals surface area (Å²) in [5, 5.41) is 0. The molecule has 2 amide bonds. The molecule has 158 valence electrons. The fraction of sp³-hybridized carbons (Fsp3) is 0.455. The zero-order valence-corrected chi connectivity index (χ0v) is 17.3. The van der Waals surface area contributed by atoms with Gasteiger partial charge in [-0.2, -0.15) is 0 Å². The van der Waals surface area contributed by atoms with Gasteiger partial charge >= 0.3 is 0 Å². The molecule has 1 unspecified atom stereocenters. The van der Waals surface area contributed by atoms with Crippen molar-refractivity contribution in [3.05, 3.63) is 67.5 Å². The van der Waals surface area contributed by atoms with E-state index in [2.05, 4.69) is 11.9 Å². The number of nitrogens with zero attached hydrogens (tertiary/aromatic N) is 3. The fourth-order valence-corrected chi connectivity index (χ4v) is 4.44. The summed E-state index contributed by atoms with van der Waals surface area (Å²) in [6.45, 7) is 4.19. The molecule has 0 bridgehead atoms. The molecular formula is C22H26N4O4. The quantitative estimate of drug-likeness (QED) is 0.803. The summed E-state index contributed by atoms with van der Waals surface area (Å²) in [5.41, 5.74) is 1.68. The van der Waals surface area contributed by atoms with Crippen molar-refractivity contribution < 1.29 is 9.59 Å². The third kappa shape index (κ3) is 3.69. The van der Waals surface area contributed by atoms with E-state index < -0.39 is 0 Å². The van der Waals surface area contributed by atoms with Gasteiger partial charge < -0.3 is 19.4 Å². The normalized spacial score (nSPS) is 18.8. The number of aromatic nitrogens is 2. The van der Waals surface area contributed by atoms with Gasteiger partial charge in [0.05, 0.1) is 5.56 Å². The van der Waals surface area contributed by atoms with E-state index in [0.29, 0.717) is 44.1 Å². The van der Waals surface area contributed by atoms with Gasteiger partial charge in [0.2, 0.25) is 5.56 Å². The third-order valence-corrected chi connectivity index (χ3v) is 6.04. The van der Waals surface area contributed by atoms with Gasteiger partial charge in [-0.05, 0) is 42.4 Å². The second-order valence-corrected chi connectivity index (χ2v) is 8.34. The maximum absolute atomic E-state index is 13.3.